The van der Waals surface area contributed by atoms with Gasteiger partial charge in [-0.1, -0.05) is 48.0 Å². The van der Waals surface area contributed by atoms with Crippen LogP contribution in [0.4, 0.5) is 0 Å². The summed E-state index contributed by atoms with van der Waals surface area (Å²) in [4.78, 5) is 2.55. The molecule has 1 unspecified atom stereocenters. The van der Waals surface area contributed by atoms with Crippen LogP contribution in [0.3, 0.4) is 0 Å². The van der Waals surface area contributed by atoms with Crippen LogP contribution < -0.4 is 5.32 Å². The average molecular weight is 301 g/mol. The highest BCUT2D eigenvalue weighted by atomic mass is 35.5. The van der Waals surface area contributed by atoms with Crippen LogP contribution in [0, 0.1) is 6.92 Å². The van der Waals surface area contributed by atoms with Crippen LogP contribution >= 0.6 is 11.6 Å². The second-order valence-corrected chi connectivity index (χ2v) is 6.04. The number of halogens is 1. The molecule has 1 saturated heterocycles. The van der Waals surface area contributed by atoms with E-state index in [2.05, 4.69) is 53.5 Å². The maximum atomic E-state index is 6.22. The standard InChI is InChI=1S/C18H21ClN2/c1-14-5-2-3-8-17(14)18(21-11-9-20-10-12-21)15-6-4-7-16(19)13-15/h2-8,13,18,20H,9-12H2,1H3. The lowest BCUT2D eigenvalue weighted by Gasteiger charge is -2.36. The van der Waals surface area contributed by atoms with Crippen LogP contribution in [0.1, 0.15) is 22.7 Å². The molecule has 3 heteroatoms. The topological polar surface area (TPSA) is 15.3 Å². The fraction of sp³-hybridized carbons (Fsp3) is 0.333. The summed E-state index contributed by atoms with van der Waals surface area (Å²) in [7, 11) is 0. The lowest BCUT2D eigenvalue weighted by Crippen LogP contribution is -2.45. The van der Waals surface area contributed by atoms with Crippen molar-refractivity contribution in [1.82, 2.24) is 10.2 Å². The Morgan fingerprint density at radius 1 is 1.05 bits per heavy atom. The van der Waals surface area contributed by atoms with E-state index in [9.17, 15) is 0 Å². The first-order valence-corrected chi connectivity index (χ1v) is 7.89. The largest absolute Gasteiger partial charge is 0.314 e. The highest BCUT2D eigenvalue weighted by molar-refractivity contribution is 6.30. The highest BCUT2D eigenvalue weighted by Gasteiger charge is 2.24. The summed E-state index contributed by atoms with van der Waals surface area (Å²) in [5.74, 6) is 0. The zero-order valence-corrected chi connectivity index (χ0v) is 13.1. The normalized spacial score (nSPS) is 17.6. The number of aryl methyl sites for hydroxylation is 1. The molecule has 2 nitrogen and oxygen atoms in total. The minimum absolute atomic E-state index is 0.284. The monoisotopic (exact) mass is 300 g/mol. The van der Waals surface area contributed by atoms with Crippen molar-refractivity contribution in [2.45, 2.75) is 13.0 Å². The van der Waals surface area contributed by atoms with Crippen LogP contribution in [0.15, 0.2) is 48.5 Å². The second-order valence-electron chi connectivity index (χ2n) is 5.60. The average Bonchev–Trinajstić information content (AvgIpc) is 2.51. The van der Waals surface area contributed by atoms with Crippen molar-refractivity contribution in [3.8, 4) is 0 Å². The SMILES string of the molecule is Cc1ccccc1C(c1cccc(Cl)c1)N1CCNCC1. The minimum Gasteiger partial charge on any atom is -0.314 e. The third-order valence-corrected chi connectivity index (χ3v) is 4.40. The molecule has 21 heavy (non-hydrogen) atoms. The molecular weight excluding hydrogens is 280 g/mol. The van der Waals surface area contributed by atoms with Crippen LogP contribution in [0.2, 0.25) is 5.02 Å². The molecule has 0 spiro atoms. The van der Waals surface area contributed by atoms with Crippen LogP contribution in [0.5, 0.6) is 0 Å². The number of hydrogen-bond acceptors (Lipinski definition) is 2. The van der Waals surface area contributed by atoms with Crippen molar-refractivity contribution in [2.24, 2.45) is 0 Å². The van der Waals surface area contributed by atoms with Gasteiger partial charge in [0.1, 0.15) is 0 Å². The Balaban J connectivity index is 2.04. The first kappa shape index (κ1) is 14.6. The molecular formula is C18H21ClN2. The van der Waals surface area contributed by atoms with Gasteiger partial charge in [0.25, 0.3) is 0 Å². The fourth-order valence-electron chi connectivity index (χ4n) is 3.10. The molecule has 0 bridgehead atoms. The molecule has 1 heterocycles. The number of hydrogen-bond donors (Lipinski definition) is 1. The van der Waals surface area contributed by atoms with Gasteiger partial charge >= 0.3 is 0 Å². The van der Waals surface area contributed by atoms with Gasteiger partial charge in [-0.2, -0.15) is 0 Å². The molecule has 2 aromatic carbocycles. The number of rotatable bonds is 3. The summed E-state index contributed by atoms with van der Waals surface area (Å²) in [6.07, 6.45) is 0. The summed E-state index contributed by atoms with van der Waals surface area (Å²) in [5.41, 5.74) is 3.99. The molecule has 0 amide bonds. The van der Waals surface area contributed by atoms with Crippen molar-refractivity contribution >= 4 is 11.6 Å². The van der Waals surface area contributed by atoms with Gasteiger partial charge in [0.15, 0.2) is 0 Å². The second kappa shape index (κ2) is 6.61. The zero-order valence-electron chi connectivity index (χ0n) is 12.3. The van der Waals surface area contributed by atoms with Gasteiger partial charge in [0.05, 0.1) is 6.04 Å². The van der Waals surface area contributed by atoms with Crippen LogP contribution in [-0.4, -0.2) is 31.1 Å². The molecule has 1 aliphatic heterocycles. The molecule has 1 N–H and O–H groups in total. The molecule has 0 aromatic heterocycles. The molecule has 2 aromatic rings. The summed E-state index contributed by atoms with van der Waals surface area (Å²) >= 11 is 6.22. The first-order chi connectivity index (χ1) is 10.3. The van der Waals surface area contributed by atoms with E-state index in [0.29, 0.717) is 0 Å². The van der Waals surface area contributed by atoms with Crippen LogP contribution in [0.25, 0.3) is 0 Å². The van der Waals surface area contributed by atoms with E-state index in [4.69, 9.17) is 11.6 Å². The molecule has 110 valence electrons. The minimum atomic E-state index is 0.284. The van der Waals surface area contributed by atoms with E-state index < -0.39 is 0 Å². The molecule has 0 radical (unpaired) electrons. The number of benzene rings is 2. The number of nitrogens with one attached hydrogen (secondary N) is 1. The van der Waals surface area contributed by atoms with Crippen molar-refractivity contribution in [3.05, 3.63) is 70.2 Å². The lowest BCUT2D eigenvalue weighted by atomic mass is 9.93. The zero-order chi connectivity index (χ0) is 14.7. The predicted molar refractivity (Wildman–Crippen MR) is 88.9 cm³/mol. The molecule has 1 atom stereocenters. The summed E-state index contributed by atoms with van der Waals surface area (Å²) in [6, 6.07) is 17.2. The van der Waals surface area contributed by atoms with E-state index in [0.717, 1.165) is 31.2 Å². The van der Waals surface area contributed by atoms with Crippen molar-refractivity contribution in [1.29, 1.82) is 0 Å². The third-order valence-electron chi connectivity index (χ3n) is 4.16. The molecule has 0 saturated carbocycles. The Bertz CT molecular complexity index is 606. The Labute approximate surface area is 131 Å². The van der Waals surface area contributed by atoms with Gasteiger partial charge in [-0.15, -0.1) is 0 Å². The summed E-state index contributed by atoms with van der Waals surface area (Å²) in [6.45, 7) is 6.40. The molecule has 1 aliphatic rings. The van der Waals surface area contributed by atoms with Crippen molar-refractivity contribution in [3.63, 3.8) is 0 Å². The van der Waals surface area contributed by atoms with Gasteiger partial charge in [-0.05, 0) is 35.7 Å². The smallest absolute Gasteiger partial charge is 0.0605 e. The fourth-order valence-corrected chi connectivity index (χ4v) is 3.30. The maximum absolute atomic E-state index is 6.22. The first-order valence-electron chi connectivity index (χ1n) is 7.51. The van der Waals surface area contributed by atoms with Gasteiger partial charge in [0, 0.05) is 31.2 Å². The third kappa shape index (κ3) is 3.29. The Hall–Kier alpha value is -1.35. The summed E-state index contributed by atoms with van der Waals surface area (Å²) < 4.78 is 0. The van der Waals surface area contributed by atoms with E-state index in [1.54, 1.807) is 0 Å². The molecule has 0 aliphatic carbocycles. The van der Waals surface area contributed by atoms with Crippen LogP contribution in [-0.2, 0) is 0 Å². The van der Waals surface area contributed by atoms with Crippen molar-refractivity contribution in [2.75, 3.05) is 26.2 Å². The Kier molecular flexibility index (Phi) is 4.59. The Morgan fingerprint density at radius 3 is 2.52 bits per heavy atom. The number of nitrogens with zero attached hydrogens (tertiary/aromatic N) is 1. The summed E-state index contributed by atoms with van der Waals surface area (Å²) in [5, 5.41) is 4.24. The van der Waals surface area contributed by atoms with Gasteiger partial charge in [-0.25, -0.2) is 0 Å². The van der Waals surface area contributed by atoms with E-state index in [1.807, 2.05) is 12.1 Å². The lowest BCUT2D eigenvalue weighted by molar-refractivity contribution is 0.198. The number of piperazine rings is 1. The molecule has 3 rings (SSSR count). The van der Waals surface area contributed by atoms with Gasteiger partial charge in [-0.3, -0.25) is 4.90 Å². The predicted octanol–water partition coefficient (Wildman–Crippen LogP) is 3.64. The quantitative estimate of drug-likeness (QED) is 0.931. The highest BCUT2D eigenvalue weighted by Crippen LogP contribution is 2.32. The maximum Gasteiger partial charge on any atom is 0.0605 e. The van der Waals surface area contributed by atoms with E-state index >= 15 is 0 Å². The van der Waals surface area contributed by atoms with E-state index in [1.165, 1.54) is 16.7 Å². The molecule has 1 fully saturated rings. The van der Waals surface area contributed by atoms with Gasteiger partial charge < -0.3 is 5.32 Å². The Morgan fingerprint density at radius 2 is 1.81 bits per heavy atom. The van der Waals surface area contributed by atoms with E-state index in [-0.39, 0.29) is 6.04 Å². The van der Waals surface area contributed by atoms with Crippen molar-refractivity contribution < 1.29 is 0 Å². The van der Waals surface area contributed by atoms with Gasteiger partial charge in [0.2, 0.25) is 0 Å².